The lowest BCUT2D eigenvalue weighted by atomic mass is 10.3. The SMILES string of the molecule is Nc1[nH]c(=O)c2ncc(C(=O)NCCNC(=O)Nc3ccccc3)nc2[nH+]1. The van der Waals surface area contributed by atoms with Crippen LogP contribution in [0.2, 0.25) is 0 Å². The van der Waals surface area contributed by atoms with Crippen LogP contribution in [0, 0.1) is 0 Å². The summed E-state index contributed by atoms with van der Waals surface area (Å²) in [5.74, 6) is -0.491. The monoisotopic (exact) mass is 369 g/mol. The van der Waals surface area contributed by atoms with Crippen LogP contribution in [0.5, 0.6) is 0 Å². The molecule has 3 aromatic rings. The Morgan fingerprint density at radius 1 is 1.15 bits per heavy atom. The number of anilines is 2. The van der Waals surface area contributed by atoms with Crippen molar-refractivity contribution < 1.29 is 14.6 Å². The third kappa shape index (κ3) is 4.54. The van der Waals surface area contributed by atoms with Gasteiger partial charge in [-0.3, -0.25) is 9.59 Å². The van der Waals surface area contributed by atoms with Crippen LogP contribution in [0.15, 0.2) is 41.3 Å². The fourth-order valence-electron chi connectivity index (χ4n) is 2.23. The van der Waals surface area contributed by atoms with E-state index < -0.39 is 11.5 Å². The number of rotatable bonds is 5. The molecule has 3 amide bonds. The largest absolute Gasteiger partial charge is 0.348 e. The molecule has 0 saturated heterocycles. The van der Waals surface area contributed by atoms with E-state index >= 15 is 0 Å². The maximum Gasteiger partial charge on any atom is 0.324 e. The van der Waals surface area contributed by atoms with Crippen molar-refractivity contribution in [2.24, 2.45) is 0 Å². The molecule has 0 bridgehead atoms. The first-order valence-electron chi connectivity index (χ1n) is 7.99. The van der Waals surface area contributed by atoms with Crippen molar-refractivity contribution in [2.45, 2.75) is 0 Å². The zero-order valence-electron chi connectivity index (χ0n) is 14.1. The van der Waals surface area contributed by atoms with Crippen LogP contribution >= 0.6 is 0 Å². The number of nitrogens with zero attached hydrogens (tertiary/aromatic N) is 2. The van der Waals surface area contributed by atoms with Crippen molar-refractivity contribution in [3.05, 3.63) is 52.6 Å². The van der Waals surface area contributed by atoms with Crippen LogP contribution in [0.1, 0.15) is 10.5 Å². The second-order valence-corrected chi connectivity index (χ2v) is 5.45. The van der Waals surface area contributed by atoms with E-state index in [1.165, 1.54) is 6.20 Å². The van der Waals surface area contributed by atoms with Gasteiger partial charge >= 0.3 is 17.5 Å². The van der Waals surface area contributed by atoms with E-state index in [-0.39, 0.29) is 41.9 Å². The van der Waals surface area contributed by atoms with Gasteiger partial charge in [-0.1, -0.05) is 18.2 Å². The molecule has 0 saturated carbocycles. The summed E-state index contributed by atoms with van der Waals surface area (Å²) >= 11 is 0. The zero-order chi connectivity index (χ0) is 19.2. The number of aromatic nitrogens is 4. The van der Waals surface area contributed by atoms with E-state index in [2.05, 4.69) is 35.9 Å². The van der Waals surface area contributed by atoms with E-state index in [1.807, 2.05) is 6.07 Å². The first-order valence-corrected chi connectivity index (χ1v) is 7.99. The Morgan fingerprint density at radius 3 is 2.67 bits per heavy atom. The summed E-state index contributed by atoms with van der Waals surface area (Å²) in [6.07, 6.45) is 1.19. The molecule has 138 valence electrons. The van der Waals surface area contributed by atoms with Crippen molar-refractivity contribution >= 4 is 34.7 Å². The van der Waals surface area contributed by atoms with Gasteiger partial charge in [-0.25, -0.2) is 19.7 Å². The van der Waals surface area contributed by atoms with Gasteiger partial charge in [0.1, 0.15) is 0 Å². The lowest BCUT2D eigenvalue weighted by Gasteiger charge is -2.08. The number of nitrogen functional groups attached to an aromatic ring is 1. The number of aromatic amines is 2. The molecule has 0 unspecified atom stereocenters. The van der Waals surface area contributed by atoms with Gasteiger partial charge < -0.3 is 21.7 Å². The van der Waals surface area contributed by atoms with E-state index in [0.717, 1.165) is 0 Å². The summed E-state index contributed by atoms with van der Waals surface area (Å²) < 4.78 is 0. The first kappa shape index (κ1) is 17.8. The smallest absolute Gasteiger partial charge is 0.324 e. The second-order valence-electron chi connectivity index (χ2n) is 5.45. The summed E-state index contributed by atoms with van der Waals surface area (Å²) in [6.45, 7) is 0.395. The molecule has 0 atom stereocenters. The van der Waals surface area contributed by atoms with Gasteiger partial charge in [-0.15, -0.1) is 4.98 Å². The van der Waals surface area contributed by atoms with Gasteiger partial charge in [-0.05, 0) is 12.1 Å². The number of H-pyrrole nitrogens is 2. The van der Waals surface area contributed by atoms with Crippen molar-refractivity contribution in [2.75, 3.05) is 24.1 Å². The summed E-state index contributed by atoms with van der Waals surface area (Å²) in [5.41, 5.74) is 5.82. The van der Waals surface area contributed by atoms with E-state index in [0.29, 0.717) is 5.69 Å². The Balaban J connectivity index is 1.51. The Labute approximate surface area is 152 Å². The van der Waals surface area contributed by atoms with Crippen LogP contribution in [0.4, 0.5) is 16.4 Å². The van der Waals surface area contributed by atoms with Crippen LogP contribution in [0.25, 0.3) is 11.2 Å². The number of fused-ring (bicyclic) bond motifs is 1. The van der Waals surface area contributed by atoms with Crippen molar-refractivity contribution in [1.29, 1.82) is 0 Å². The molecule has 3 rings (SSSR count). The van der Waals surface area contributed by atoms with Gasteiger partial charge in [0, 0.05) is 18.8 Å². The minimum absolute atomic E-state index is 0.00740. The number of hydrogen-bond acceptors (Lipinski definition) is 6. The van der Waals surface area contributed by atoms with Crippen LogP contribution in [0.3, 0.4) is 0 Å². The molecule has 0 aliphatic heterocycles. The number of nitrogens with two attached hydrogens (primary N) is 1. The topological polar surface area (TPSA) is 169 Å². The number of amides is 3. The van der Waals surface area contributed by atoms with Gasteiger partial charge in [0.15, 0.2) is 0 Å². The first-order chi connectivity index (χ1) is 13.0. The average Bonchev–Trinajstić information content (AvgIpc) is 2.65. The highest BCUT2D eigenvalue weighted by Gasteiger charge is 2.15. The number of benzene rings is 1. The zero-order valence-corrected chi connectivity index (χ0v) is 14.1. The van der Waals surface area contributed by atoms with Gasteiger partial charge in [0.05, 0.1) is 6.20 Å². The highest BCUT2D eigenvalue weighted by Crippen LogP contribution is 2.04. The molecule has 0 aliphatic rings. The molecule has 0 aliphatic carbocycles. The molecule has 11 heteroatoms. The van der Waals surface area contributed by atoms with Crippen molar-refractivity contribution in [1.82, 2.24) is 25.6 Å². The number of nitrogens with one attached hydrogen (secondary N) is 5. The molecule has 2 heterocycles. The Kier molecular flexibility index (Phi) is 5.21. The standard InChI is InChI=1S/C16H16N8O3/c17-15-23-12-11(14(26)24-15)20-8-10(22-12)13(25)18-6-7-19-16(27)21-9-4-2-1-3-5-9/h1-5,8H,6-7H2,(H,18,25)(H2,19,21,27)(H3,17,22,23,24,26)/p+1. The molecule has 7 N–H and O–H groups in total. The number of hydrogen-bond donors (Lipinski definition) is 5. The number of carbonyl (C=O) groups excluding carboxylic acids is 2. The fraction of sp³-hybridized carbons (Fsp3) is 0.125. The van der Waals surface area contributed by atoms with E-state index in [9.17, 15) is 14.4 Å². The minimum atomic E-state index is -0.505. The molecule has 11 nitrogen and oxygen atoms in total. The molecule has 0 radical (unpaired) electrons. The maximum atomic E-state index is 12.1. The molecule has 27 heavy (non-hydrogen) atoms. The van der Waals surface area contributed by atoms with Gasteiger partial charge in [0.2, 0.25) is 11.2 Å². The van der Waals surface area contributed by atoms with Crippen molar-refractivity contribution in [3.63, 3.8) is 0 Å². The predicted octanol–water partition coefficient (Wildman–Crippen LogP) is -0.734. The molecule has 0 fully saturated rings. The Bertz CT molecular complexity index is 1030. The average molecular weight is 369 g/mol. The van der Waals surface area contributed by atoms with Crippen molar-refractivity contribution in [3.8, 4) is 0 Å². The van der Waals surface area contributed by atoms with E-state index in [4.69, 9.17) is 5.73 Å². The van der Waals surface area contributed by atoms with Crippen LogP contribution in [-0.4, -0.2) is 40.0 Å². The Hall–Kier alpha value is -4.02. The number of para-hydroxylation sites is 1. The van der Waals surface area contributed by atoms with Gasteiger partial charge in [0.25, 0.3) is 11.6 Å². The van der Waals surface area contributed by atoms with Crippen LogP contribution < -0.4 is 32.2 Å². The third-order valence-electron chi connectivity index (χ3n) is 3.45. The molecule has 2 aromatic heterocycles. The second kappa shape index (κ2) is 7.91. The highest BCUT2D eigenvalue weighted by atomic mass is 16.2. The molecule has 1 aromatic carbocycles. The predicted molar refractivity (Wildman–Crippen MR) is 96.9 cm³/mol. The van der Waals surface area contributed by atoms with Gasteiger partial charge in [-0.2, -0.15) is 0 Å². The maximum absolute atomic E-state index is 12.1. The normalized spacial score (nSPS) is 10.4. The molecule has 0 spiro atoms. The minimum Gasteiger partial charge on any atom is -0.348 e. The van der Waals surface area contributed by atoms with E-state index in [1.54, 1.807) is 24.3 Å². The lowest BCUT2D eigenvalue weighted by molar-refractivity contribution is -0.334. The lowest BCUT2D eigenvalue weighted by Crippen LogP contribution is -2.37. The number of carbonyl (C=O) groups is 2. The molecular formula is C16H17N8O3+. The molecular weight excluding hydrogens is 352 g/mol. The summed E-state index contributed by atoms with van der Waals surface area (Å²) in [7, 11) is 0. The summed E-state index contributed by atoms with van der Waals surface area (Å²) in [5, 5.41) is 7.87. The summed E-state index contributed by atoms with van der Waals surface area (Å²) in [6, 6.07) is 8.59. The quantitative estimate of drug-likeness (QED) is 0.371. The Morgan fingerprint density at radius 2 is 1.89 bits per heavy atom. The number of urea groups is 1. The summed E-state index contributed by atoms with van der Waals surface area (Å²) in [4.78, 5) is 48.5. The fourth-order valence-corrected chi connectivity index (χ4v) is 2.23. The third-order valence-corrected chi connectivity index (χ3v) is 3.45. The highest BCUT2D eigenvalue weighted by molar-refractivity contribution is 5.93. The van der Waals surface area contributed by atoms with Crippen LogP contribution in [-0.2, 0) is 0 Å².